The van der Waals surface area contributed by atoms with E-state index in [1.165, 1.54) is 11.0 Å². The zero-order valence-electron chi connectivity index (χ0n) is 5.62. The Morgan fingerprint density at radius 3 is 2.70 bits per heavy atom. The summed E-state index contributed by atoms with van der Waals surface area (Å²) < 4.78 is 0. The number of nitrogens with zero attached hydrogens (tertiary/aromatic N) is 1. The average Bonchev–Trinajstić information content (AvgIpc) is 1.86. The van der Waals surface area contributed by atoms with Gasteiger partial charge >= 0.3 is 0 Å². The molecule has 3 nitrogen and oxygen atoms in total. The van der Waals surface area contributed by atoms with E-state index in [9.17, 15) is 9.59 Å². The fraction of sp³-hybridized carbons (Fsp3) is 0.429. The van der Waals surface area contributed by atoms with Crippen molar-refractivity contribution >= 4 is 12.2 Å². The van der Waals surface area contributed by atoms with Gasteiger partial charge < -0.3 is 9.69 Å². The first-order valence-corrected chi connectivity index (χ1v) is 3.18. The highest BCUT2D eigenvalue weighted by Crippen LogP contribution is 2.14. The summed E-state index contributed by atoms with van der Waals surface area (Å²) in [7, 11) is 0. The molecule has 0 aromatic heterocycles. The van der Waals surface area contributed by atoms with Crippen LogP contribution in [0.3, 0.4) is 0 Å². The maximum atomic E-state index is 10.8. The molecule has 0 radical (unpaired) electrons. The van der Waals surface area contributed by atoms with Crippen molar-refractivity contribution < 1.29 is 9.59 Å². The van der Waals surface area contributed by atoms with Crippen molar-refractivity contribution in [2.75, 3.05) is 6.54 Å². The third-order valence-corrected chi connectivity index (χ3v) is 1.68. The molecule has 0 N–H and O–H groups in total. The Labute approximate surface area is 59.3 Å². The zero-order valence-corrected chi connectivity index (χ0v) is 5.62. The number of likely N-dealkylation sites (tertiary alicyclic amines) is 1. The van der Waals surface area contributed by atoms with Crippen LogP contribution >= 0.6 is 0 Å². The SMILES string of the molecule is C=CC(=O)N1CCC1C=O. The van der Waals surface area contributed by atoms with Crippen LogP contribution in [0.4, 0.5) is 0 Å². The van der Waals surface area contributed by atoms with Gasteiger partial charge in [0.2, 0.25) is 5.91 Å². The normalized spacial score (nSPS) is 23.2. The highest BCUT2D eigenvalue weighted by atomic mass is 16.2. The Balaban J connectivity index is 2.49. The van der Waals surface area contributed by atoms with Gasteiger partial charge in [0, 0.05) is 6.54 Å². The standard InChI is InChI=1S/C7H9NO2/c1-2-7(10)8-4-3-6(8)5-9/h2,5-6H,1,3-4H2. The third-order valence-electron chi connectivity index (χ3n) is 1.68. The van der Waals surface area contributed by atoms with Crippen molar-refractivity contribution in [2.45, 2.75) is 12.5 Å². The largest absolute Gasteiger partial charge is 0.329 e. The fourth-order valence-electron chi connectivity index (χ4n) is 0.940. The van der Waals surface area contributed by atoms with Crippen LogP contribution in [-0.4, -0.2) is 29.7 Å². The minimum absolute atomic E-state index is 0.150. The molecule has 0 saturated carbocycles. The van der Waals surface area contributed by atoms with E-state index < -0.39 is 0 Å². The van der Waals surface area contributed by atoms with Crippen molar-refractivity contribution in [3.8, 4) is 0 Å². The summed E-state index contributed by atoms with van der Waals surface area (Å²) in [5, 5.41) is 0. The van der Waals surface area contributed by atoms with Gasteiger partial charge in [0.25, 0.3) is 0 Å². The van der Waals surface area contributed by atoms with E-state index in [0.717, 1.165) is 12.7 Å². The summed E-state index contributed by atoms with van der Waals surface area (Å²) in [6.07, 6.45) is 2.82. The van der Waals surface area contributed by atoms with Gasteiger partial charge in [0.15, 0.2) is 0 Å². The van der Waals surface area contributed by atoms with Gasteiger partial charge in [-0.15, -0.1) is 0 Å². The molecule has 1 fully saturated rings. The smallest absolute Gasteiger partial charge is 0.246 e. The van der Waals surface area contributed by atoms with Crippen LogP contribution < -0.4 is 0 Å². The topological polar surface area (TPSA) is 37.4 Å². The van der Waals surface area contributed by atoms with E-state index in [4.69, 9.17) is 0 Å². The van der Waals surface area contributed by atoms with E-state index in [1.54, 1.807) is 0 Å². The van der Waals surface area contributed by atoms with E-state index in [-0.39, 0.29) is 11.9 Å². The van der Waals surface area contributed by atoms with E-state index >= 15 is 0 Å². The van der Waals surface area contributed by atoms with E-state index in [2.05, 4.69) is 6.58 Å². The molecule has 1 aliphatic rings. The van der Waals surface area contributed by atoms with Crippen LogP contribution in [-0.2, 0) is 9.59 Å². The predicted octanol–water partition coefficient (Wildman–Crippen LogP) is -0.0278. The molecule has 1 saturated heterocycles. The van der Waals surface area contributed by atoms with Gasteiger partial charge in [-0.1, -0.05) is 6.58 Å². The Hall–Kier alpha value is -1.12. The minimum Gasteiger partial charge on any atom is -0.329 e. The van der Waals surface area contributed by atoms with Crippen LogP contribution in [0.5, 0.6) is 0 Å². The molecule has 3 heteroatoms. The number of carbonyl (C=O) groups excluding carboxylic acids is 2. The number of amides is 1. The molecular weight excluding hydrogens is 130 g/mol. The first kappa shape index (κ1) is 6.99. The highest BCUT2D eigenvalue weighted by Gasteiger charge is 2.29. The van der Waals surface area contributed by atoms with Gasteiger partial charge in [0.05, 0.1) is 6.04 Å². The minimum atomic E-state index is -0.189. The van der Waals surface area contributed by atoms with Crippen LogP contribution in [0.15, 0.2) is 12.7 Å². The second kappa shape index (κ2) is 2.64. The molecule has 1 rings (SSSR count). The van der Waals surface area contributed by atoms with Crippen LogP contribution in [0.1, 0.15) is 6.42 Å². The Morgan fingerprint density at radius 2 is 2.40 bits per heavy atom. The second-order valence-electron chi connectivity index (χ2n) is 2.23. The lowest BCUT2D eigenvalue weighted by Crippen LogP contribution is -2.51. The summed E-state index contributed by atoms with van der Waals surface area (Å²) in [4.78, 5) is 22.5. The van der Waals surface area contributed by atoms with Crippen molar-refractivity contribution in [2.24, 2.45) is 0 Å². The Kier molecular flexibility index (Phi) is 1.85. The molecule has 1 atom stereocenters. The van der Waals surface area contributed by atoms with E-state index in [0.29, 0.717) is 6.54 Å². The first-order valence-electron chi connectivity index (χ1n) is 3.18. The predicted molar refractivity (Wildman–Crippen MR) is 36.4 cm³/mol. The van der Waals surface area contributed by atoms with Crippen molar-refractivity contribution in [3.05, 3.63) is 12.7 Å². The summed E-state index contributed by atoms with van der Waals surface area (Å²) in [6, 6.07) is -0.189. The van der Waals surface area contributed by atoms with Crippen molar-refractivity contribution in [1.82, 2.24) is 4.90 Å². The third kappa shape index (κ3) is 0.943. The summed E-state index contributed by atoms with van der Waals surface area (Å²) in [6.45, 7) is 4.01. The fourth-order valence-corrected chi connectivity index (χ4v) is 0.940. The quantitative estimate of drug-likeness (QED) is 0.398. The molecule has 54 valence electrons. The molecule has 0 aromatic rings. The maximum absolute atomic E-state index is 10.8. The zero-order chi connectivity index (χ0) is 7.56. The highest BCUT2D eigenvalue weighted by molar-refractivity contribution is 5.90. The molecule has 0 aliphatic carbocycles. The van der Waals surface area contributed by atoms with Crippen LogP contribution in [0.25, 0.3) is 0 Å². The Morgan fingerprint density at radius 1 is 1.70 bits per heavy atom. The first-order chi connectivity index (χ1) is 4.79. The van der Waals surface area contributed by atoms with Gasteiger partial charge in [-0.25, -0.2) is 0 Å². The lowest BCUT2D eigenvalue weighted by Gasteiger charge is -2.36. The Bertz CT molecular complexity index is 176. The van der Waals surface area contributed by atoms with Gasteiger partial charge in [-0.3, -0.25) is 4.79 Å². The molecule has 1 unspecified atom stereocenters. The maximum Gasteiger partial charge on any atom is 0.246 e. The number of aldehydes is 1. The lowest BCUT2D eigenvalue weighted by atomic mass is 10.1. The molecular formula is C7H9NO2. The lowest BCUT2D eigenvalue weighted by molar-refractivity contribution is -0.137. The number of carbonyl (C=O) groups is 2. The summed E-state index contributed by atoms with van der Waals surface area (Å²) in [5.41, 5.74) is 0. The molecule has 0 bridgehead atoms. The molecule has 10 heavy (non-hydrogen) atoms. The summed E-state index contributed by atoms with van der Waals surface area (Å²) in [5.74, 6) is -0.150. The monoisotopic (exact) mass is 139 g/mol. The van der Waals surface area contributed by atoms with Crippen LogP contribution in [0.2, 0.25) is 0 Å². The average molecular weight is 139 g/mol. The van der Waals surface area contributed by atoms with Crippen molar-refractivity contribution in [3.63, 3.8) is 0 Å². The number of hydrogen-bond donors (Lipinski definition) is 0. The number of hydrogen-bond acceptors (Lipinski definition) is 2. The molecule has 1 heterocycles. The summed E-state index contributed by atoms with van der Waals surface area (Å²) >= 11 is 0. The molecule has 0 aromatic carbocycles. The van der Waals surface area contributed by atoms with E-state index in [1.807, 2.05) is 0 Å². The van der Waals surface area contributed by atoms with Gasteiger partial charge in [-0.2, -0.15) is 0 Å². The molecule has 1 aliphatic heterocycles. The molecule has 1 amide bonds. The van der Waals surface area contributed by atoms with Crippen LogP contribution in [0, 0.1) is 0 Å². The van der Waals surface area contributed by atoms with Crippen molar-refractivity contribution in [1.29, 1.82) is 0 Å². The van der Waals surface area contributed by atoms with Gasteiger partial charge in [-0.05, 0) is 12.5 Å². The second-order valence-corrected chi connectivity index (χ2v) is 2.23. The molecule has 0 spiro atoms. The number of rotatable bonds is 2. The van der Waals surface area contributed by atoms with Gasteiger partial charge in [0.1, 0.15) is 6.29 Å².